The molecule has 1 aliphatic carbocycles. The monoisotopic (exact) mass is 363 g/mol. The smallest absolute Gasteiger partial charge is 0.229 e. The van der Waals surface area contributed by atoms with Gasteiger partial charge in [0.25, 0.3) is 0 Å². The highest BCUT2D eigenvalue weighted by molar-refractivity contribution is 5.82. The zero-order chi connectivity index (χ0) is 18.8. The summed E-state index contributed by atoms with van der Waals surface area (Å²) in [5, 5.41) is 2.91. The molecule has 3 rings (SSSR count). The Hall–Kier alpha value is -2.41. The molecule has 1 amide bonds. The van der Waals surface area contributed by atoms with Crippen molar-refractivity contribution in [3.05, 3.63) is 52.7 Å². The van der Waals surface area contributed by atoms with E-state index >= 15 is 0 Å². The summed E-state index contributed by atoms with van der Waals surface area (Å²) in [6, 6.07) is 3.60. The van der Waals surface area contributed by atoms with Crippen molar-refractivity contribution >= 4 is 11.6 Å². The lowest BCUT2D eigenvalue weighted by molar-refractivity contribution is -0.128. The molecule has 0 bridgehead atoms. The fraction of sp³-hybridized carbons (Fsp3) is 0.421. The first-order chi connectivity index (χ1) is 12.4. The molecule has 0 radical (unpaired) electrons. The zero-order valence-corrected chi connectivity index (χ0v) is 14.6. The number of nitrogens with one attached hydrogen (secondary N) is 1. The normalized spacial score (nSPS) is 24.3. The van der Waals surface area contributed by atoms with Crippen LogP contribution in [-0.2, 0) is 9.53 Å². The van der Waals surface area contributed by atoms with E-state index in [4.69, 9.17) is 16.2 Å². The number of ether oxygens (including phenoxy) is 1. The standard InChI is InChI=1S/C19H23F2N3O2/c1-10-5-6-12(19(25)24-11-8-26-9-11)18(23)13(10)7-16(22)17-14(20)3-2-4-15(17)21/h2-4,7,10-12H,5-6,8-9,22-23H2,1H3,(H,24,25)/b16-7-. The van der Waals surface area contributed by atoms with Gasteiger partial charge >= 0.3 is 0 Å². The molecule has 140 valence electrons. The Morgan fingerprint density at radius 3 is 2.50 bits per heavy atom. The number of carbonyl (C=O) groups excluding carboxylic acids is 1. The molecule has 2 unspecified atom stereocenters. The number of benzene rings is 1. The van der Waals surface area contributed by atoms with Crippen LogP contribution in [0.2, 0.25) is 0 Å². The summed E-state index contributed by atoms with van der Waals surface area (Å²) >= 11 is 0. The number of rotatable bonds is 4. The molecule has 0 saturated carbocycles. The fourth-order valence-corrected chi connectivity index (χ4v) is 3.35. The maximum absolute atomic E-state index is 14.0. The number of hydrogen-bond donors (Lipinski definition) is 3. The molecule has 1 aliphatic heterocycles. The fourth-order valence-electron chi connectivity index (χ4n) is 3.35. The molecule has 2 atom stereocenters. The van der Waals surface area contributed by atoms with Crippen LogP contribution in [0, 0.1) is 23.5 Å². The van der Waals surface area contributed by atoms with Crippen LogP contribution in [0.15, 0.2) is 35.5 Å². The van der Waals surface area contributed by atoms with E-state index in [2.05, 4.69) is 5.32 Å². The minimum absolute atomic E-state index is 0.0197. The molecule has 26 heavy (non-hydrogen) atoms. The lowest BCUT2D eigenvalue weighted by atomic mass is 9.79. The molecule has 5 N–H and O–H groups in total. The lowest BCUT2D eigenvalue weighted by Crippen LogP contribution is -2.51. The van der Waals surface area contributed by atoms with E-state index in [1.54, 1.807) is 0 Å². The molecule has 1 fully saturated rings. The number of allylic oxidation sites excluding steroid dienone is 2. The van der Waals surface area contributed by atoms with Gasteiger partial charge in [0.05, 0.1) is 30.7 Å². The molecular weight excluding hydrogens is 340 g/mol. The second-order valence-corrected chi connectivity index (χ2v) is 6.88. The highest BCUT2D eigenvalue weighted by atomic mass is 19.1. The average molecular weight is 363 g/mol. The first-order valence-electron chi connectivity index (χ1n) is 8.67. The van der Waals surface area contributed by atoms with Gasteiger partial charge in [-0.3, -0.25) is 4.79 Å². The van der Waals surface area contributed by atoms with E-state index in [0.29, 0.717) is 30.9 Å². The summed E-state index contributed by atoms with van der Waals surface area (Å²) in [6.45, 7) is 2.97. The quantitative estimate of drug-likeness (QED) is 0.764. The third-order valence-corrected chi connectivity index (χ3v) is 4.99. The van der Waals surface area contributed by atoms with Crippen LogP contribution in [0.1, 0.15) is 25.3 Å². The van der Waals surface area contributed by atoms with Crippen LogP contribution in [0.4, 0.5) is 8.78 Å². The minimum atomic E-state index is -0.735. The van der Waals surface area contributed by atoms with Crippen molar-refractivity contribution in [2.75, 3.05) is 13.2 Å². The van der Waals surface area contributed by atoms with Gasteiger partial charge in [0.1, 0.15) is 11.6 Å². The van der Waals surface area contributed by atoms with E-state index in [1.165, 1.54) is 12.1 Å². The van der Waals surface area contributed by atoms with Crippen LogP contribution in [0.25, 0.3) is 5.70 Å². The maximum Gasteiger partial charge on any atom is 0.229 e. The molecule has 1 heterocycles. The van der Waals surface area contributed by atoms with Crippen molar-refractivity contribution in [3.8, 4) is 0 Å². The maximum atomic E-state index is 14.0. The predicted octanol–water partition coefficient (Wildman–Crippen LogP) is 2.04. The predicted molar refractivity (Wildman–Crippen MR) is 94.4 cm³/mol. The average Bonchev–Trinajstić information content (AvgIpc) is 2.54. The Balaban J connectivity index is 1.90. The molecule has 0 spiro atoms. The van der Waals surface area contributed by atoms with Crippen LogP contribution in [0.3, 0.4) is 0 Å². The number of amides is 1. The van der Waals surface area contributed by atoms with Crippen molar-refractivity contribution < 1.29 is 18.3 Å². The molecule has 1 aromatic carbocycles. The summed E-state index contributed by atoms with van der Waals surface area (Å²) in [7, 11) is 0. The van der Waals surface area contributed by atoms with Gasteiger partial charge in [-0.1, -0.05) is 13.0 Å². The van der Waals surface area contributed by atoms with Crippen LogP contribution < -0.4 is 16.8 Å². The third kappa shape index (κ3) is 3.58. The van der Waals surface area contributed by atoms with E-state index in [1.807, 2.05) is 6.92 Å². The molecule has 1 aromatic rings. The first kappa shape index (κ1) is 18.4. The number of carbonyl (C=O) groups is 1. The SMILES string of the molecule is CC1CCC(C(=O)NC2COC2)C(N)=C1/C=C(\N)c1c(F)cccc1F. The highest BCUT2D eigenvalue weighted by Crippen LogP contribution is 2.34. The van der Waals surface area contributed by atoms with Crippen molar-refractivity contribution in [2.45, 2.75) is 25.8 Å². The van der Waals surface area contributed by atoms with Crippen LogP contribution in [-0.4, -0.2) is 25.2 Å². The molecule has 1 saturated heterocycles. The Bertz CT molecular complexity index is 752. The number of halogens is 2. The van der Waals surface area contributed by atoms with Gasteiger partial charge in [0, 0.05) is 11.4 Å². The first-order valence-corrected chi connectivity index (χ1v) is 8.67. The number of hydrogen-bond acceptors (Lipinski definition) is 4. The molecule has 2 aliphatic rings. The van der Waals surface area contributed by atoms with Gasteiger partial charge in [0.2, 0.25) is 5.91 Å². The number of nitrogens with two attached hydrogens (primary N) is 2. The van der Waals surface area contributed by atoms with Crippen molar-refractivity contribution in [3.63, 3.8) is 0 Å². The van der Waals surface area contributed by atoms with Gasteiger partial charge < -0.3 is 21.5 Å². The van der Waals surface area contributed by atoms with Gasteiger partial charge in [-0.15, -0.1) is 0 Å². The summed E-state index contributed by atoms with van der Waals surface area (Å²) < 4.78 is 33.0. The zero-order valence-electron chi connectivity index (χ0n) is 14.6. The van der Waals surface area contributed by atoms with Crippen LogP contribution >= 0.6 is 0 Å². The molecule has 0 aromatic heterocycles. The van der Waals surface area contributed by atoms with Crippen molar-refractivity contribution in [1.29, 1.82) is 0 Å². The largest absolute Gasteiger partial charge is 0.401 e. The Labute approximate surface area is 151 Å². The van der Waals surface area contributed by atoms with E-state index < -0.39 is 17.6 Å². The topological polar surface area (TPSA) is 90.4 Å². The van der Waals surface area contributed by atoms with Gasteiger partial charge in [-0.25, -0.2) is 8.78 Å². The van der Waals surface area contributed by atoms with Gasteiger partial charge in [0.15, 0.2) is 0 Å². The van der Waals surface area contributed by atoms with E-state index in [0.717, 1.165) is 18.6 Å². The second kappa shape index (κ2) is 7.45. The molecule has 7 heteroatoms. The molecular formula is C19H23F2N3O2. The van der Waals surface area contributed by atoms with Crippen molar-refractivity contribution in [2.24, 2.45) is 23.3 Å². The van der Waals surface area contributed by atoms with Crippen LogP contribution in [0.5, 0.6) is 0 Å². The Morgan fingerprint density at radius 1 is 1.27 bits per heavy atom. The summed E-state index contributed by atoms with van der Waals surface area (Å²) in [5.41, 5.74) is 12.9. The Kier molecular flexibility index (Phi) is 5.27. The summed E-state index contributed by atoms with van der Waals surface area (Å²) in [6.07, 6.45) is 2.85. The van der Waals surface area contributed by atoms with Gasteiger partial charge in [-0.2, -0.15) is 0 Å². The van der Waals surface area contributed by atoms with E-state index in [9.17, 15) is 13.6 Å². The second-order valence-electron chi connectivity index (χ2n) is 6.88. The summed E-state index contributed by atoms with van der Waals surface area (Å²) in [5.74, 6) is -2.05. The Morgan fingerprint density at radius 2 is 1.92 bits per heavy atom. The highest BCUT2D eigenvalue weighted by Gasteiger charge is 2.32. The van der Waals surface area contributed by atoms with Crippen molar-refractivity contribution in [1.82, 2.24) is 5.32 Å². The third-order valence-electron chi connectivity index (χ3n) is 4.99. The molecule has 5 nitrogen and oxygen atoms in total. The lowest BCUT2D eigenvalue weighted by Gasteiger charge is -2.32. The van der Waals surface area contributed by atoms with E-state index in [-0.39, 0.29) is 29.1 Å². The minimum Gasteiger partial charge on any atom is -0.401 e. The van der Waals surface area contributed by atoms with Gasteiger partial charge in [-0.05, 0) is 42.5 Å². The summed E-state index contributed by atoms with van der Waals surface area (Å²) in [4.78, 5) is 12.5.